The van der Waals surface area contributed by atoms with Crippen LogP contribution in [0, 0.1) is 20.8 Å². The molecule has 32 heavy (non-hydrogen) atoms. The summed E-state index contributed by atoms with van der Waals surface area (Å²) in [4.78, 5) is 30.5. The Morgan fingerprint density at radius 2 is 2.06 bits per heavy atom. The van der Waals surface area contributed by atoms with Gasteiger partial charge >= 0.3 is 0 Å². The molecule has 0 bridgehead atoms. The number of carbonyl (C=O) groups is 2. The minimum Gasteiger partial charge on any atom is -0.345 e. The topological polar surface area (TPSA) is 102 Å². The first-order chi connectivity index (χ1) is 15.3. The molecule has 0 aliphatic carbocycles. The molecule has 2 aromatic heterocycles. The number of anilines is 1. The maximum atomic E-state index is 12.6. The van der Waals surface area contributed by atoms with Gasteiger partial charge in [-0.3, -0.25) is 9.59 Å². The maximum absolute atomic E-state index is 12.6. The summed E-state index contributed by atoms with van der Waals surface area (Å²) >= 11 is 2.75. The van der Waals surface area contributed by atoms with Crippen molar-refractivity contribution in [3.05, 3.63) is 64.4 Å². The molecule has 0 aliphatic heterocycles. The number of hydrogen-bond acceptors (Lipinski definition) is 7. The van der Waals surface area contributed by atoms with E-state index in [0.29, 0.717) is 28.2 Å². The first kappa shape index (κ1) is 23.7. The van der Waals surface area contributed by atoms with E-state index in [1.165, 1.54) is 23.1 Å². The number of rotatable bonds is 9. The van der Waals surface area contributed by atoms with E-state index in [9.17, 15) is 9.59 Å². The molecule has 0 spiro atoms. The normalized spacial score (nSPS) is 11.8. The molecule has 10 heteroatoms. The second-order valence-electron chi connectivity index (χ2n) is 7.26. The Kier molecular flexibility index (Phi) is 7.81. The lowest BCUT2D eigenvalue weighted by molar-refractivity contribution is -0.115. The molecule has 0 radical (unpaired) electrons. The van der Waals surface area contributed by atoms with E-state index in [0.717, 1.165) is 16.1 Å². The fraction of sp³-hybridized carbons (Fsp3) is 0.318. The first-order valence-electron chi connectivity index (χ1n) is 10.1. The van der Waals surface area contributed by atoms with Crippen molar-refractivity contribution in [2.75, 3.05) is 5.32 Å². The lowest BCUT2D eigenvalue weighted by atomic mass is 10.1. The maximum Gasteiger partial charge on any atom is 0.251 e. The highest BCUT2D eigenvalue weighted by Crippen LogP contribution is 2.26. The molecule has 3 aromatic rings. The third kappa shape index (κ3) is 5.83. The van der Waals surface area contributed by atoms with E-state index in [-0.39, 0.29) is 18.4 Å². The van der Waals surface area contributed by atoms with Crippen LogP contribution in [0.25, 0.3) is 0 Å². The summed E-state index contributed by atoms with van der Waals surface area (Å²) in [5.41, 5.74) is 2.52. The molecule has 0 saturated carbocycles. The van der Waals surface area contributed by atoms with Crippen molar-refractivity contribution < 1.29 is 9.59 Å². The predicted octanol–water partition coefficient (Wildman–Crippen LogP) is 3.90. The SMILES string of the molecule is C=CCn1c(CNC(=O)c2cccc(C)c2)nnc1S[C@@H](C)C(=O)Nc1nc(C)c(C)s1. The van der Waals surface area contributed by atoms with Crippen molar-refractivity contribution in [3.63, 3.8) is 0 Å². The average molecular weight is 471 g/mol. The standard InChI is InChI=1S/C22H26N6O2S2/c1-6-10-28-18(12-23-20(30)17-9-7-8-13(2)11-17)26-27-22(28)32-16(5)19(29)25-21-24-14(3)15(4)31-21/h6-9,11,16H,1,10,12H2,2-5H3,(H,23,30)(H,24,25,29)/t16-/m0/s1. The van der Waals surface area contributed by atoms with Crippen LogP contribution in [0.15, 0.2) is 42.1 Å². The molecular formula is C22H26N6O2S2. The fourth-order valence-corrected chi connectivity index (χ4v) is 4.54. The second kappa shape index (κ2) is 10.6. The molecule has 0 unspecified atom stereocenters. The Morgan fingerprint density at radius 1 is 1.28 bits per heavy atom. The summed E-state index contributed by atoms with van der Waals surface area (Å²) in [6, 6.07) is 7.38. The van der Waals surface area contributed by atoms with Gasteiger partial charge in [0.15, 0.2) is 16.1 Å². The van der Waals surface area contributed by atoms with Crippen molar-refractivity contribution >= 4 is 40.0 Å². The van der Waals surface area contributed by atoms with Gasteiger partial charge in [0.25, 0.3) is 5.91 Å². The number of nitrogens with zero attached hydrogens (tertiary/aromatic N) is 4. The van der Waals surface area contributed by atoms with Gasteiger partial charge in [0.05, 0.1) is 17.5 Å². The zero-order valence-electron chi connectivity index (χ0n) is 18.5. The van der Waals surface area contributed by atoms with E-state index in [4.69, 9.17) is 0 Å². The van der Waals surface area contributed by atoms with Crippen molar-refractivity contribution in [3.8, 4) is 0 Å². The Morgan fingerprint density at radius 3 is 2.72 bits per heavy atom. The number of hydrogen-bond donors (Lipinski definition) is 2. The minimum absolute atomic E-state index is 0.161. The zero-order chi connectivity index (χ0) is 23.3. The molecule has 0 fully saturated rings. The molecule has 0 saturated heterocycles. The Bertz CT molecular complexity index is 1120. The Hall–Kier alpha value is -2.98. The first-order valence-corrected chi connectivity index (χ1v) is 11.8. The molecule has 8 nitrogen and oxygen atoms in total. The van der Waals surface area contributed by atoms with Crippen molar-refractivity contribution in [1.29, 1.82) is 0 Å². The van der Waals surface area contributed by atoms with Crippen molar-refractivity contribution in [1.82, 2.24) is 25.1 Å². The van der Waals surface area contributed by atoms with E-state index < -0.39 is 5.25 Å². The number of aryl methyl sites for hydroxylation is 3. The van der Waals surface area contributed by atoms with Crippen LogP contribution in [0.3, 0.4) is 0 Å². The van der Waals surface area contributed by atoms with Gasteiger partial charge in [0, 0.05) is 17.0 Å². The molecule has 3 rings (SSSR count). The lowest BCUT2D eigenvalue weighted by Gasteiger charge is -2.12. The summed E-state index contributed by atoms with van der Waals surface area (Å²) in [7, 11) is 0. The van der Waals surface area contributed by atoms with Crippen LogP contribution in [0.4, 0.5) is 5.13 Å². The van der Waals surface area contributed by atoms with Gasteiger partial charge in [-0.25, -0.2) is 4.98 Å². The number of benzene rings is 1. The Balaban J connectivity index is 1.66. The number of nitrogens with one attached hydrogen (secondary N) is 2. The molecule has 168 valence electrons. The summed E-state index contributed by atoms with van der Waals surface area (Å²) in [5, 5.41) is 14.9. The van der Waals surface area contributed by atoms with E-state index in [1.807, 2.05) is 43.5 Å². The number of amides is 2. The summed E-state index contributed by atoms with van der Waals surface area (Å²) < 4.78 is 1.84. The minimum atomic E-state index is -0.415. The molecule has 2 N–H and O–H groups in total. The number of thiazole rings is 1. The van der Waals surface area contributed by atoms with Crippen LogP contribution in [-0.2, 0) is 17.9 Å². The summed E-state index contributed by atoms with van der Waals surface area (Å²) in [5.74, 6) is 0.247. The van der Waals surface area contributed by atoms with Crippen LogP contribution in [-0.4, -0.2) is 36.8 Å². The van der Waals surface area contributed by atoms with Gasteiger partial charge in [-0.2, -0.15) is 0 Å². The van der Waals surface area contributed by atoms with Gasteiger partial charge in [-0.15, -0.1) is 28.1 Å². The molecule has 0 aliphatic rings. The quantitative estimate of drug-likeness (QED) is 0.363. The molecular weight excluding hydrogens is 444 g/mol. The van der Waals surface area contributed by atoms with Gasteiger partial charge in [0.1, 0.15) is 0 Å². The van der Waals surface area contributed by atoms with Gasteiger partial charge < -0.3 is 15.2 Å². The number of allylic oxidation sites excluding steroid dienone is 1. The second-order valence-corrected chi connectivity index (χ2v) is 9.77. The van der Waals surface area contributed by atoms with Crippen molar-refractivity contribution in [2.24, 2.45) is 0 Å². The van der Waals surface area contributed by atoms with Gasteiger partial charge in [-0.05, 0) is 39.8 Å². The van der Waals surface area contributed by atoms with Crippen LogP contribution >= 0.6 is 23.1 Å². The number of thioether (sulfide) groups is 1. The monoisotopic (exact) mass is 470 g/mol. The fourth-order valence-electron chi connectivity index (χ4n) is 2.84. The number of carbonyl (C=O) groups excluding carboxylic acids is 2. The van der Waals surface area contributed by atoms with Crippen LogP contribution in [0.2, 0.25) is 0 Å². The lowest BCUT2D eigenvalue weighted by Crippen LogP contribution is -2.25. The molecule has 2 heterocycles. The highest BCUT2D eigenvalue weighted by atomic mass is 32.2. The molecule has 1 aromatic carbocycles. The zero-order valence-corrected chi connectivity index (χ0v) is 20.1. The van der Waals surface area contributed by atoms with Crippen LogP contribution < -0.4 is 10.6 Å². The summed E-state index contributed by atoms with van der Waals surface area (Å²) in [6.45, 7) is 12.1. The third-order valence-corrected chi connectivity index (χ3v) is 6.77. The smallest absolute Gasteiger partial charge is 0.251 e. The highest BCUT2D eigenvalue weighted by molar-refractivity contribution is 8.00. The average Bonchev–Trinajstić information content (AvgIpc) is 3.28. The Labute approximate surface area is 195 Å². The van der Waals surface area contributed by atoms with E-state index in [1.54, 1.807) is 19.1 Å². The van der Waals surface area contributed by atoms with Gasteiger partial charge in [-0.1, -0.05) is 35.5 Å². The van der Waals surface area contributed by atoms with Crippen LogP contribution in [0.1, 0.15) is 39.2 Å². The van der Waals surface area contributed by atoms with Crippen LogP contribution in [0.5, 0.6) is 0 Å². The largest absolute Gasteiger partial charge is 0.345 e. The highest BCUT2D eigenvalue weighted by Gasteiger charge is 2.21. The summed E-state index contributed by atoms with van der Waals surface area (Å²) in [6.07, 6.45) is 1.73. The molecule has 1 atom stereocenters. The van der Waals surface area contributed by atoms with E-state index in [2.05, 4.69) is 32.4 Å². The molecule has 2 amide bonds. The third-order valence-electron chi connectivity index (χ3n) is 4.70. The predicted molar refractivity (Wildman–Crippen MR) is 128 cm³/mol. The van der Waals surface area contributed by atoms with Gasteiger partial charge in [0.2, 0.25) is 5.91 Å². The van der Waals surface area contributed by atoms with Crippen molar-refractivity contribution in [2.45, 2.75) is 51.2 Å². The number of aromatic nitrogens is 4. The van der Waals surface area contributed by atoms with E-state index >= 15 is 0 Å².